The van der Waals surface area contributed by atoms with Crippen LogP contribution in [0.3, 0.4) is 0 Å². The molecular weight excluding hydrogens is 328 g/mol. The maximum Gasteiger partial charge on any atom is 0.320 e. The van der Waals surface area contributed by atoms with Crippen LogP contribution in [0.4, 0.5) is 5.69 Å². The average Bonchev–Trinajstić information content (AvgIpc) is 3.03. The smallest absolute Gasteiger partial charge is 0.320 e. The fourth-order valence-electron chi connectivity index (χ4n) is 2.40. The Morgan fingerprint density at radius 2 is 2.08 bits per heavy atom. The number of unbranched alkanes of at least 4 members (excludes halogenated alkanes) is 1. The summed E-state index contributed by atoms with van der Waals surface area (Å²) in [6.45, 7) is 2.46. The van der Waals surface area contributed by atoms with E-state index in [0.717, 1.165) is 22.6 Å². The standard InChI is InChI=1S/C17H20N2O4S/c1-2-3-7-14(17(20)21)18-11-12-9-10-16(24-12)13-6-4-5-8-15(13)19(22)23/h4-6,8-10,14,18H,2-3,7,11H2,1H3,(H,20,21)/t14-/m0/s1. The van der Waals surface area contributed by atoms with Crippen LogP contribution in [0.2, 0.25) is 0 Å². The molecule has 6 nitrogen and oxygen atoms in total. The minimum Gasteiger partial charge on any atom is -0.480 e. The van der Waals surface area contributed by atoms with E-state index in [1.165, 1.54) is 17.4 Å². The fraction of sp³-hybridized carbons (Fsp3) is 0.353. The first kappa shape index (κ1) is 18.1. The Kier molecular flexibility index (Phi) is 6.45. The van der Waals surface area contributed by atoms with Gasteiger partial charge in [-0.05, 0) is 24.6 Å². The Morgan fingerprint density at radius 1 is 1.33 bits per heavy atom. The van der Waals surface area contributed by atoms with Gasteiger partial charge < -0.3 is 5.11 Å². The molecule has 0 aliphatic rings. The number of para-hydroxylation sites is 1. The number of carbonyl (C=O) groups is 1. The first-order valence-corrected chi connectivity index (χ1v) is 8.63. The lowest BCUT2D eigenvalue weighted by Crippen LogP contribution is -2.35. The summed E-state index contributed by atoms with van der Waals surface area (Å²) >= 11 is 1.44. The van der Waals surface area contributed by atoms with E-state index in [1.54, 1.807) is 18.2 Å². The summed E-state index contributed by atoms with van der Waals surface area (Å²) in [6, 6.07) is 9.77. The summed E-state index contributed by atoms with van der Waals surface area (Å²) in [4.78, 5) is 23.7. The average molecular weight is 348 g/mol. The van der Waals surface area contributed by atoms with E-state index in [0.29, 0.717) is 18.5 Å². The highest BCUT2D eigenvalue weighted by molar-refractivity contribution is 7.15. The highest BCUT2D eigenvalue weighted by atomic mass is 32.1. The molecule has 1 atom stereocenters. The number of benzene rings is 1. The van der Waals surface area contributed by atoms with E-state index < -0.39 is 16.9 Å². The van der Waals surface area contributed by atoms with Gasteiger partial charge in [-0.15, -0.1) is 11.3 Å². The Bertz CT molecular complexity index is 714. The lowest BCUT2D eigenvalue weighted by atomic mass is 10.1. The minimum absolute atomic E-state index is 0.0743. The summed E-state index contributed by atoms with van der Waals surface area (Å²) < 4.78 is 0. The van der Waals surface area contributed by atoms with Crippen LogP contribution in [-0.2, 0) is 11.3 Å². The van der Waals surface area contributed by atoms with Crippen LogP contribution in [0.15, 0.2) is 36.4 Å². The lowest BCUT2D eigenvalue weighted by Gasteiger charge is -2.13. The molecule has 0 bridgehead atoms. The molecule has 1 aromatic heterocycles. The molecule has 0 radical (unpaired) electrons. The molecular formula is C17H20N2O4S. The molecule has 0 fully saturated rings. The molecule has 1 aromatic carbocycles. The number of rotatable bonds is 9. The van der Waals surface area contributed by atoms with Crippen molar-refractivity contribution in [1.29, 1.82) is 0 Å². The lowest BCUT2D eigenvalue weighted by molar-refractivity contribution is -0.384. The van der Waals surface area contributed by atoms with Crippen molar-refractivity contribution in [2.45, 2.75) is 38.8 Å². The molecule has 7 heteroatoms. The third-order valence-corrected chi connectivity index (χ3v) is 4.81. The van der Waals surface area contributed by atoms with E-state index in [1.807, 2.05) is 19.1 Å². The Morgan fingerprint density at radius 3 is 2.75 bits per heavy atom. The second-order valence-electron chi connectivity index (χ2n) is 5.45. The number of aliphatic carboxylic acids is 1. The van der Waals surface area contributed by atoms with Crippen molar-refractivity contribution in [3.05, 3.63) is 51.4 Å². The predicted octanol–water partition coefficient (Wildman–Crippen LogP) is 4.06. The molecule has 0 aliphatic heterocycles. The molecule has 0 amide bonds. The van der Waals surface area contributed by atoms with Crippen LogP contribution in [0.25, 0.3) is 10.4 Å². The molecule has 128 valence electrons. The van der Waals surface area contributed by atoms with Crippen LogP contribution >= 0.6 is 11.3 Å². The first-order chi connectivity index (χ1) is 11.5. The normalized spacial score (nSPS) is 12.0. The number of nitro benzene ring substituents is 1. The molecule has 0 aliphatic carbocycles. The van der Waals surface area contributed by atoms with Crippen molar-refractivity contribution in [3.8, 4) is 10.4 Å². The molecule has 0 saturated heterocycles. The number of nitrogens with zero attached hydrogens (tertiary/aromatic N) is 1. The molecule has 0 unspecified atom stereocenters. The van der Waals surface area contributed by atoms with Gasteiger partial charge in [0.05, 0.1) is 10.5 Å². The monoisotopic (exact) mass is 348 g/mol. The summed E-state index contributed by atoms with van der Waals surface area (Å²) in [5, 5.41) is 23.4. The zero-order chi connectivity index (χ0) is 17.5. The largest absolute Gasteiger partial charge is 0.480 e. The zero-order valence-corrected chi connectivity index (χ0v) is 14.2. The van der Waals surface area contributed by atoms with Gasteiger partial charge in [-0.25, -0.2) is 0 Å². The SMILES string of the molecule is CCCC[C@H](NCc1ccc(-c2ccccc2[N+](=O)[O-])s1)C(=O)O. The third-order valence-electron chi connectivity index (χ3n) is 3.69. The second kappa shape index (κ2) is 8.56. The van der Waals surface area contributed by atoms with Gasteiger partial charge in [0, 0.05) is 22.4 Å². The second-order valence-corrected chi connectivity index (χ2v) is 6.62. The van der Waals surface area contributed by atoms with Gasteiger partial charge in [0.15, 0.2) is 0 Å². The molecule has 0 spiro atoms. The van der Waals surface area contributed by atoms with Gasteiger partial charge in [0.2, 0.25) is 0 Å². The molecule has 1 heterocycles. The molecule has 2 N–H and O–H groups in total. The van der Waals surface area contributed by atoms with Crippen molar-refractivity contribution in [3.63, 3.8) is 0 Å². The summed E-state index contributed by atoms with van der Waals surface area (Å²) in [5.74, 6) is -0.848. The summed E-state index contributed by atoms with van der Waals surface area (Å²) in [7, 11) is 0. The number of nitrogens with one attached hydrogen (secondary N) is 1. The first-order valence-electron chi connectivity index (χ1n) is 7.81. The van der Waals surface area contributed by atoms with Crippen LogP contribution < -0.4 is 5.32 Å². The molecule has 2 aromatic rings. The summed E-state index contributed by atoms with van der Waals surface area (Å²) in [6.07, 6.45) is 2.40. The predicted molar refractivity (Wildman–Crippen MR) is 94.2 cm³/mol. The van der Waals surface area contributed by atoms with E-state index in [-0.39, 0.29) is 5.69 Å². The maximum atomic E-state index is 11.2. The number of carboxylic acid groups (broad SMARTS) is 1. The topological polar surface area (TPSA) is 92.5 Å². The van der Waals surface area contributed by atoms with Crippen LogP contribution in [0.5, 0.6) is 0 Å². The van der Waals surface area contributed by atoms with Crippen LogP contribution in [0, 0.1) is 10.1 Å². The molecule has 2 rings (SSSR count). The highest BCUT2D eigenvalue weighted by Gasteiger charge is 2.18. The summed E-state index contributed by atoms with van der Waals surface area (Å²) in [5.41, 5.74) is 0.657. The minimum atomic E-state index is -0.848. The molecule has 24 heavy (non-hydrogen) atoms. The maximum absolute atomic E-state index is 11.2. The highest BCUT2D eigenvalue weighted by Crippen LogP contribution is 2.34. The van der Waals surface area contributed by atoms with E-state index >= 15 is 0 Å². The quantitative estimate of drug-likeness (QED) is 0.527. The van der Waals surface area contributed by atoms with E-state index in [4.69, 9.17) is 0 Å². The number of nitro groups is 1. The van der Waals surface area contributed by atoms with Gasteiger partial charge in [-0.3, -0.25) is 20.2 Å². The number of hydrogen-bond donors (Lipinski definition) is 2. The Balaban J connectivity index is 2.08. The fourth-order valence-corrected chi connectivity index (χ4v) is 3.40. The van der Waals surface area contributed by atoms with Gasteiger partial charge in [-0.1, -0.05) is 31.9 Å². The van der Waals surface area contributed by atoms with Gasteiger partial charge >= 0.3 is 5.97 Å². The number of carboxylic acids is 1. The van der Waals surface area contributed by atoms with E-state index in [9.17, 15) is 20.0 Å². The Hall–Kier alpha value is -2.25. The van der Waals surface area contributed by atoms with Crippen LogP contribution in [-0.4, -0.2) is 22.0 Å². The molecule has 0 saturated carbocycles. The van der Waals surface area contributed by atoms with Gasteiger partial charge in [-0.2, -0.15) is 0 Å². The van der Waals surface area contributed by atoms with Crippen molar-refractivity contribution in [2.24, 2.45) is 0 Å². The van der Waals surface area contributed by atoms with Crippen molar-refractivity contribution in [2.75, 3.05) is 0 Å². The number of thiophene rings is 1. The van der Waals surface area contributed by atoms with Gasteiger partial charge in [0.1, 0.15) is 6.04 Å². The van der Waals surface area contributed by atoms with Crippen molar-refractivity contribution in [1.82, 2.24) is 5.32 Å². The van der Waals surface area contributed by atoms with Gasteiger partial charge in [0.25, 0.3) is 5.69 Å². The van der Waals surface area contributed by atoms with Crippen molar-refractivity contribution >= 4 is 23.0 Å². The Labute approximate surface area is 144 Å². The van der Waals surface area contributed by atoms with Crippen LogP contribution in [0.1, 0.15) is 31.1 Å². The number of hydrogen-bond acceptors (Lipinski definition) is 5. The van der Waals surface area contributed by atoms with Crippen molar-refractivity contribution < 1.29 is 14.8 Å². The van der Waals surface area contributed by atoms with E-state index in [2.05, 4.69) is 5.32 Å². The zero-order valence-electron chi connectivity index (χ0n) is 13.4. The third kappa shape index (κ3) is 4.62.